The van der Waals surface area contributed by atoms with Gasteiger partial charge in [-0.2, -0.15) is 0 Å². The maximum absolute atomic E-state index is 13.7. The number of alkyl halides is 2. The summed E-state index contributed by atoms with van der Waals surface area (Å²) in [6.45, 7) is 4.12. The molecule has 47 heavy (non-hydrogen) atoms. The molecule has 252 valence electrons. The van der Waals surface area contributed by atoms with Crippen molar-refractivity contribution in [3.05, 3.63) is 57.6 Å². The van der Waals surface area contributed by atoms with Gasteiger partial charge in [0, 0.05) is 79.2 Å². The minimum absolute atomic E-state index is 0.0194. The Kier molecular flexibility index (Phi) is 8.57. The summed E-state index contributed by atoms with van der Waals surface area (Å²) >= 11 is 13.5. The number of hydrogen-bond acceptors (Lipinski definition) is 3. The van der Waals surface area contributed by atoms with Gasteiger partial charge in [-0.3, -0.25) is 14.5 Å². The van der Waals surface area contributed by atoms with Crippen molar-refractivity contribution in [3.8, 4) is 11.1 Å². The Morgan fingerprint density at radius 1 is 0.787 bits per heavy atom. The Morgan fingerprint density at radius 3 is 1.98 bits per heavy atom. The monoisotopic (exact) mass is 683 g/mol. The molecule has 4 bridgehead atoms. The second-order valence-electron chi connectivity index (χ2n) is 15.6. The van der Waals surface area contributed by atoms with E-state index in [-0.39, 0.29) is 36.6 Å². The lowest BCUT2D eigenvalue weighted by atomic mass is 9.54. The molecule has 7 fully saturated rings. The molecule has 2 amide bonds. The van der Waals surface area contributed by atoms with Gasteiger partial charge in [-0.25, -0.2) is 8.78 Å². The van der Waals surface area contributed by atoms with E-state index in [4.69, 9.17) is 23.2 Å². The lowest BCUT2D eigenvalue weighted by Gasteiger charge is -2.58. The van der Waals surface area contributed by atoms with Crippen LogP contribution < -0.4 is 0 Å². The first-order valence-corrected chi connectivity index (χ1v) is 18.7. The lowest BCUT2D eigenvalue weighted by molar-refractivity contribution is -0.135. The Labute approximate surface area is 286 Å². The summed E-state index contributed by atoms with van der Waals surface area (Å²) in [6.07, 6.45) is 8.68. The average Bonchev–Trinajstić information content (AvgIpc) is 3.41. The number of rotatable bonds is 6. The van der Waals surface area contributed by atoms with Crippen molar-refractivity contribution < 1.29 is 18.4 Å². The van der Waals surface area contributed by atoms with Crippen molar-refractivity contribution in [2.45, 2.75) is 88.6 Å². The standard InChI is InChI=1S/C38H45Cl2F2N3O2/c39-33-21-28(22-34(40)32(33)20-27-7-10-45(37(27)47)31-5-8-38(41,42)9-6-31)25-1-3-26(4-2-25)36(46)44-13-11-43(12-14-44)35-29-16-23-15-24(18-29)19-30(35)17-23/h1-4,21-24,27,29-31,35H,5-20H2. The van der Waals surface area contributed by atoms with Gasteiger partial charge in [0.05, 0.1) is 0 Å². The molecule has 7 aliphatic rings. The zero-order valence-electron chi connectivity index (χ0n) is 27.0. The summed E-state index contributed by atoms with van der Waals surface area (Å²) in [7, 11) is 0. The third kappa shape index (κ3) is 6.23. The summed E-state index contributed by atoms with van der Waals surface area (Å²) in [5.74, 6) is 0.954. The first-order valence-electron chi connectivity index (χ1n) is 17.9. The molecule has 1 unspecified atom stereocenters. The average molecular weight is 685 g/mol. The van der Waals surface area contributed by atoms with Gasteiger partial charge < -0.3 is 9.80 Å². The summed E-state index contributed by atoms with van der Waals surface area (Å²) in [6, 6.07) is 12.1. The number of hydrogen-bond donors (Lipinski definition) is 0. The molecule has 5 nitrogen and oxygen atoms in total. The van der Waals surface area contributed by atoms with Crippen LogP contribution in [-0.4, -0.2) is 77.2 Å². The van der Waals surface area contributed by atoms with Crippen LogP contribution in [0.5, 0.6) is 0 Å². The van der Waals surface area contributed by atoms with Crippen molar-refractivity contribution in [2.24, 2.45) is 29.6 Å². The highest BCUT2D eigenvalue weighted by molar-refractivity contribution is 6.36. The number of likely N-dealkylation sites (tertiary alicyclic amines) is 1. The fourth-order valence-corrected chi connectivity index (χ4v) is 11.2. The normalized spacial score (nSPS) is 32.4. The molecule has 2 saturated heterocycles. The Bertz CT molecular complexity index is 1460. The highest BCUT2D eigenvalue weighted by atomic mass is 35.5. The van der Waals surface area contributed by atoms with Gasteiger partial charge in [0.1, 0.15) is 0 Å². The van der Waals surface area contributed by atoms with E-state index in [9.17, 15) is 18.4 Å². The number of nitrogens with zero attached hydrogens (tertiary/aromatic N) is 3. The van der Waals surface area contributed by atoms with Gasteiger partial charge in [-0.05, 0) is 122 Å². The number of benzene rings is 2. The number of carbonyl (C=O) groups excluding carboxylic acids is 2. The molecule has 5 aliphatic carbocycles. The second-order valence-corrected chi connectivity index (χ2v) is 16.4. The number of piperazine rings is 1. The molecule has 0 radical (unpaired) electrons. The minimum Gasteiger partial charge on any atom is -0.339 e. The predicted octanol–water partition coefficient (Wildman–Crippen LogP) is 8.21. The molecular weight excluding hydrogens is 639 g/mol. The molecule has 0 spiro atoms. The van der Waals surface area contributed by atoms with E-state index in [1.807, 2.05) is 46.2 Å². The van der Waals surface area contributed by atoms with Gasteiger partial charge >= 0.3 is 0 Å². The van der Waals surface area contributed by atoms with Crippen molar-refractivity contribution in [3.63, 3.8) is 0 Å². The molecule has 2 aliphatic heterocycles. The summed E-state index contributed by atoms with van der Waals surface area (Å²) in [5.41, 5.74) is 3.21. The van der Waals surface area contributed by atoms with E-state index < -0.39 is 5.92 Å². The molecule has 9 rings (SSSR count). The minimum atomic E-state index is -2.61. The van der Waals surface area contributed by atoms with E-state index in [1.165, 1.54) is 32.1 Å². The van der Waals surface area contributed by atoms with Crippen molar-refractivity contribution in [1.82, 2.24) is 14.7 Å². The molecule has 1 atom stereocenters. The van der Waals surface area contributed by atoms with E-state index in [0.717, 1.165) is 72.6 Å². The molecular formula is C38H45Cl2F2N3O2. The van der Waals surface area contributed by atoms with Crippen LogP contribution in [0.15, 0.2) is 36.4 Å². The zero-order chi connectivity index (χ0) is 32.4. The molecule has 2 aromatic rings. The summed E-state index contributed by atoms with van der Waals surface area (Å²) in [5, 5.41) is 1.02. The molecule has 9 heteroatoms. The number of carbonyl (C=O) groups is 2. The fourth-order valence-electron chi connectivity index (χ4n) is 10.6. The van der Waals surface area contributed by atoms with Crippen molar-refractivity contribution >= 4 is 35.0 Å². The largest absolute Gasteiger partial charge is 0.339 e. The quantitative estimate of drug-likeness (QED) is 0.308. The molecule has 0 aromatic heterocycles. The SMILES string of the molecule is O=C(c1ccc(-c2cc(Cl)c(CC3CCN(C4CCC(F)(F)CC4)C3=O)c(Cl)c2)cc1)N1CCN(C2C3CC4CC(C3)CC2C4)CC1. The fraction of sp³-hybridized carbons (Fsp3) is 0.632. The topological polar surface area (TPSA) is 43.9 Å². The highest BCUT2D eigenvalue weighted by Crippen LogP contribution is 2.55. The lowest BCUT2D eigenvalue weighted by Crippen LogP contribution is -2.60. The first-order chi connectivity index (χ1) is 22.6. The van der Waals surface area contributed by atoms with Gasteiger partial charge in [-0.15, -0.1) is 0 Å². The Hall–Kier alpha value is -2.22. The first kappa shape index (κ1) is 32.0. The van der Waals surface area contributed by atoms with E-state index in [0.29, 0.717) is 47.8 Å². The number of halogens is 4. The van der Waals surface area contributed by atoms with E-state index in [1.54, 1.807) is 0 Å². The summed E-state index contributed by atoms with van der Waals surface area (Å²) < 4.78 is 27.3. The molecule has 2 heterocycles. The van der Waals surface area contributed by atoms with Gasteiger partial charge in [-0.1, -0.05) is 35.3 Å². The van der Waals surface area contributed by atoms with Crippen LogP contribution in [-0.2, 0) is 11.2 Å². The Balaban J connectivity index is 0.873. The van der Waals surface area contributed by atoms with E-state index in [2.05, 4.69) is 4.90 Å². The van der Waals surface area contributed by atoms with Crippen LogP contribution in [0.4, 0.5) is 8.78 Å². The number of amides is 2. The second kappa shape index (κ2) is 12.6. The van der Waals surface area contributed by atoms with Gasteiger partial charge in [0.15, 0.2) is 0 Å². The smallest absolute Gasteiger partial charge is 0.253 e. The zero-order valence-corrected chi connectivity index (χ0v) is 28.5. The van der Waals surface area contributed by atoms with Crippen LogP contribution in [0.3, 0.4) is 0 Å². The molecule has 2 aromatic carbocycles. The highest BCUT2D eigenvalue weighted by Gasteiger charge is 2.50. The Morgan fingerprint density at radius 2 is 1.38 bits per heavy atom. The van der Waals surface area contributed by atoms with Crippen LogP contribution >= 0.6 is 23.2 Å². The molecule has 0 N–H and O–H groups in total. The van der Waals surface area contributed by atoms with Crippen molar-refractivity contribution in [1.29, 1.82) is 0 Å². The maximum atomic E-state index is 13.7. The van der Waals surface area contributed by atoms with Crippen LogP contribution in [0.2, 0.25) is 10.0 Å². The van der Waals surface area contributed by atoms with Gasteiger partial charge in [0.25, 0.3) is 5.91 Å². The maximum Gasteiger partial charge on any atom is 0.253 e. The third-order valence-electron chi connectivity index (χ3n) is 12.7. The van der Waals surface area contributed by atoms with E-state index >= 15 is 0 Å². The van der Waals surface area contributed by atoms with Crippen molar-refractivity contribution in [2.75, 3.05) is 32.7 Å². The van der Waals surface area contributed by atoms with Crippen LogP contribution in [0.1, 0.15) is 80.1 Å². The van der Waals surface area contributed by atoms with Gasteiger partial charge in [0.2, 0.25) is 11.8 Å². The third-order valence-corrected chi connectivity index (χ3v) is 13.4. The van der Waals surface area contributed by atoms with Crippen LogP contribution in [0, 0.1) is 29.6 Å². The summed E-state index contributed by atoms with van der Waals surface area (Å²) in [4.78, 5) is 33.3. The molecule has 5 saturated carbocycles. The van der Waals surface area contributed by atoms with Crippen LogP contribution in [0.25, 0.3) is 11.1 Å². The predicted molar refractivity (Wildman–Crippen MR) is 181 cm³/mol.